The number of nitrogens with zero attached hydrogens (tertiary/aromatic N) is 3. The zero-order valence-electron chi connectivity index (χ0n) is 15.9. The second kappa shape index (κ2) is 6.77. The summed E-state index contributed by atoms with van der Waals surface area (Å²) in [6, 6.07) is 13.1. The van der Waals surface area contributed by atoms with Gasteiger partial charge >= 0.3 is 0 Å². The van der Waals surface area contributed by atoms with Crippen LogP contribution in [-0.4, -0.2) is 39.2 Å². The van der Waals surface area contributed by atoms with E-state index >= 15 is 0 Å². The zero-order valence-corrected chi connectivity index (χ0v) is 15.9. The number of amides is 2. The third-order valence-corrected chi connectivity index (χ3v) is 6.23. The molecule has 0 radical (unpaired) electrons. The molecule has 0 aromatic heterocycles. The number of nitro groups is 1. The van der Waals surface area contributed by atoms with Gasteiger partial charge in [-0.2, -0.15) is 0 Å². The molecule has 5 rings (SSSR count). The lowest BCUT2D eigenvalue weighted by Crippen LogP contribution is -2.44. The first kappa shape index (κ1) is 18.0. The molecular formula is C22H21N3O4. The first-order chi connectivity index (χ1) is 14.1. The highest BCUT2D eigenvalue weighted by Gasteiger charge is 2.45. The number of imide groups is 1. The summed E-state index contributed by atoms with van der Waals surface area (Å²) < 4.78 is 0. The highest BCUT2D eigenvalue weighted by molar-refractivity contribution is 6.23. The van der Waals surface area contributed by atoms with Crippen molar-refractivity contribution in [2.45, 2.75) is 44.2 Å². The van der Waals surface area contributed by atoms with Crippen molar-refractivity contribution in [3.63, 3.8) is 0 Å². The molecule has 2 aromatic rings. The van der Waals surface area contributed by atoms with Gasteiger partial charge < -0.3 is 0 Å². The van der Waals surface area contributed by atoms with Gasteiger partial charge in [-0.15, -0.1) is 0 Å². The van der Waals surface area contributed by atoms with E-state index in [-0.39, 0.29) is 29.5 Å². The van der Waals surface area contributed by atoms with Crippen molar-refractivity contribution < 1.29 is 14.5 Å². The number of benzene rings is 2. The second-order valence-electron chi connectivity index (χ2n) is 7.99. The van der Waals surface area contributed by atoms with E-state index in [0.29, 0.717) is 6.04 Å². The molecule has 7 nitrogen and oxygen atoms in total. The van der Waals surface area contributed by atoms with Crippen molar-refractivity contribution in [1.29, 1.82) is 0 Å². The van der Waals surface area contributed by atoms with Crippen LogP contribution >= 0.6 is 0 Å². The number of nitro benzene ring substituents is 1. The Balaban J connectivity index is 1.48. The Morgan fingerprint density at radius 1 is 1.03 bits per heavy atom. The molecule has 2 aromatic carbocycles. The van der Waals surface area contributed by atoms with E-state index < -0.39 is 16.7 Å². The van der Waals surface area contributed by atoms with Crippen molar-refractivity contribution in [3.05, 3.63) is 74.8 Å². The summed E-state index contributed by atoms with van der Waals surface area (Å²) >= 11 is 0. The molecular weight excluding hydrogens is 370 g/mol. The van der Waals surface area contributed by atoms with Gasteiger partial charge in [0.25, 0.3) is 17.5 Å². The maximum absolute atomic E-state index is 13.0. The van der Waals surface area contributed by atoms with Crippen LogP contribution < -0.4 is 0 Å². The predicted octanol–water partition coefficient (Wildman–Crippen LogP) is 3.69. The van der Waals surface area contributed by atoms with Crippen LogP contribution in [0.3, 0.4) is 0 Å². The van der Waals surface area contributed by atoms with E-state index in [4.69, 9.17) is 0 Å². The van der Waals surface area contributed by atoms with E-state index in [1.165, 1.54) is 34.2 Å². The van der Waals surface area contributed by atoms with Gasteiger partial charge in [0.1, 0.15) is 5.56 Å². The zero-order chi connectivity index (χ0) is 20.1. The van der Waals surface area contributed by atoms with Gasteiger partial charge in [-0.1, -0.05) is 30.3 Å². The molecule has 0 spiro atoms. The predicted molar refractivity (Wildman–Crippen MR) is 105 cm³/mol. The summed E-state index contributed by atoms with van der Waals surface area (Å²) in [7, 11) is 0. The van der Waals surface area contributed by atoms with Crippen LogP contribution in [0.15, 0.2) is 42.5 Å². The molecule has 1 saturated carbocycles. The van der Waals surface area contributed by atoms with Gasteiger partial charge in [-0.3, -0.25) is 29.5 Å². The van der Waals surface area contributed by atoms with Crippen LogP contribution in [0.2, 0.25) is 0 Å². The van der Waals surface area contributed by atoms with Gasteiger partial charge in [0.05, 0.1) is 17.2 Å². The smallest absolute Gasteiger partial charge is 0.275 e. The summed E-state index contributed by atoms with van der Waals surface area (Å²) in [4.78, 5) is 40.2. The van der Waals surface area contributed by atoms with Crippen LogP contribution in [-0.2, 0) is 6.42 Å². The molecule has 1 atom stereocenters. The maximum Gasteiger partial charge on any atom is 0.282 e. The lowest BCUT2D eigenvalue weighted by atomic mass is 9.87. The average molecular weight is 391 g/mol. The van der Waals surface area contributed by atoms with Gasteiger partial charge in [0.2, 0.25) is 0 Å². The van der Waals surface area contributed by atoms with Gasteiger partial charge in [-0.25, -0.2) is 0 Å². The third-order valence-electron chi connectivity index (χ3n) is 6.23. The standard InChI is InChI=1S/C22H21N3O4/c26-21-17-8-4-10-19(25(28)29)20(17)22(27)24(21)13-23(15-11-12-15)18-9-3-6-14-5-1-2-7-16(14)18/h1-2,4-5,7-8,10,15,18H,3,6,9,11-13H2. The quantitative estimate of drug-likeness (QED) is 0.441. The minimum absolute atomic E-state index is 0.0812. The van der Waals surface area contributed by atoms with Crippen molar-refractivity contribution in [2.24, 2.45) is 0 Å². The third kappa shape index (κ3) is 2.93. The van der Waals surface area contributed by atoms with E-state index in [9.17, 15) is 19.7 Å². The summed E-state index contributed by atoms with van der Waals surface area (Å²) in [5, 5.41) is 11.4. The minimum atomic E-state index is -0.594. The average Bonchev–Trinajstić information content (AvgIpc) is 3.54. The topological polar surface area (TPSA) is 83.8 Å². The molecule has 2 amide bonds. The molecule has 1 unspecified atom stereocenters. The Morgan fingerprint density at radius 2 is 1.83 bits per heavy atom. The fraction of sp³-hybridized carbons (Fsp3) is 0.364. The van der Waals surface area contributed by atoms with E-state index in [1.807, 2.05) is 12.1 Å². The fourth-order valence-electron chi connectivity index (χ4n) is 4.71. The molecule has 1 heterocycles. The van der Waals surface area contributed by atoms with E-state index in [2.05, 4.69) is 17.0 Å². The molecule has 3 aliphatic rings. The largest absolute Gasteiger partial charge is 0.282 e. The van der Waals surface area contributed by atoms with Gasteiger partial charge in [0, 0.05) is 18.2 Å². The number of aryl methyl sites for hydroxylation is 1. The Labute approximate surface area is 168 Å². The Morgan fingerprint density at radius 3 is 2.59 bits per heavy atom. The Hall–Kier alpha value is -3.06. The SMILES string of the molecule is O=C1c2cccc([N+](=O)[O-])c2C(=O)N1CN(C1CC1)C1CCCc2ccccc21. The van der Waals surface area contributed by atoms with Crippen molar-refractivity contribution in [2.75, 3.05) is 6.67 Å². The first-order valence-corrected chi connectivity index (χ1v) is 10.0. The van der Waals surface area contributed by atoms with Crippen molar-refractivity contribution in [1.82, 2.24) is 9.80 Å². The summed E-state index contributed by atoms with van der Waals surface area (Å²) in [5.74, 6) is -1.00. The van der Waals surface area contributed by atoms with Gasteiger partial charge in [0.15, 0.2) is 0 Å². The highest BCUT2D eigenvalue weighted by atomic mass is 16.6. The van der Waals surface area contributed by atoms with Gasteiger partial charge in [-0.05, 0) is 49.3 Å². The highest BCUT2D eigenvalue weighted by Crippen LogP contribution is 2.41. The Kier molecular flexibility index (Phi) is 4.20. The summed E-state index contributed by atoms with van der Waals surface area (Å²) in [5.41, 5.74) is 2.34. The summed E-state index contributed by atoms with van der Waals surface area (Å²) in [6.45, 7) is 0.174. The molecule has 2 aliphatic carbocycles. The van der Waals surface area contributed by atoms with Crippen molar-refractivity contribution in [3.8, 4) is 0 Å². The lowest BCUT2D eigenvalue weighted by Gasteiger charge is -2.37. The van der Waals surface area contributed by atoms with Crippen LogP contribution in [0.25, 0.3) is 0 Å². The number of rotatable bonds is 5. The second-order valence-corrected chi connectivity index (χ2v) is 7.99. The molecule has 1 aliphatic heterocycles. The van der Waals surface area contributed by atoms with E-state index in [1.54, 1.807) is 0 Å². The van der Waals surface area contributed by atoms with Crippen LogP contribution in [0, 0.1) is 10.1 Å². The number of fused-ring (bicyclic) bond motifs is 2. The molecule has 0 saturated heterocycles. The van der Waals surface area contributed by atoms with E-state index in [0.717, 1.165) is 32.1 Å². The fourth-order valence-corrected chi connectivity index (χ4v) is 4.71. The monoisotopic (exact) mass is 391 g/mol. The molecule has 0 bridgehead atoms. The molecule has 29 heavy (non-hydrogen) atoms. The first-order valence-electron chi connectivity index (χ1n) is 10.0. The minimum Gasteiger partial charge on any atom is -0.275 e. The van der Waals surface area contributed by atoms with Crippen molar-refractivity contribution >= 4 is 17.5 Å². The molecule has 1 fully saturated rings. The number of hydrogen-bond acceptors (Lipinski definition) is 5. The van der Waals surface area contributed by atoms with Crippen LogP contribution in [0.1, 0.15) is 63.6 Å². The molecule has 7 heteroatoms. The number of carbonyl (C=O) groups excluding carboxylic acids is 2. The van der Waals surface area contributed by atoms with Crippen LogP contribution in [0.5, 0.6) is 0 Å². The molecule has 0 N–H and O–H groups in total. The number of carbonyl (C=O) groups is 2. The Bertz CT molecular complexity index is 1030. The normalized spacial score (nSPS) is 20.7. The maximum atomic E-state index is 13.0. The lowest BCUT2D eigenvalue weighted by molar-refractivity contribution is -0.385. The number of hydrogen-bond donors (Lipinski definition) is 0. The summed E-state index contributed by atoms with van der Waals surface area (Å²) in [6.07, 6.45) is 5.18. The van der Waals surface area contributed by atoms with Crippen LogP contribution in [0.4, 0.5) is 5.69 Å². The molecule has 148 valence electrons.